The Balaban J connectivity index is 2.12. The fraction of sp³-hybridized carbons (Fsp3) is 0.500. The number of unbranched alkanes of at least 4 members (excludes halogenated alkanes) is 1. The lowest BCUT2D eigenvalue weighted by atomic mass is 10.2. The Hall–Kier alpha value is -1.06. The molecular formula is C12H20N2O. The van der Waals surface area contributed by atoms with Gasteiger partial charge in [-0.1, -0.05) is 18.2 Å². The van der Waals surface area contributed by atoms with Crippen LogP contribution in [0, 0.1) is 0 Å². The monoisotopic (exact) mass is 208 g/mol. The minimum absolute atomic E-state index is 0.842. The maximum absolute atomic E-state index is 5.82. The maximum Gasteiger partial charge on any atom is 0.0462 e. The quantitative estimate of drug-likeness (QED) is 0.530. The van der Waals surface area contributed by atoms with Crippen molar-refractivity contribution in [2.45, 2.75) is 19.4 Å². The van der Waals surface area contributed by atoms with E-state index in [0.29, 0.717) is 0 Å². The van der Waals surface area contributed by atoms with Gasteiger partial charge in [0.15, 0.2) is 0 Å². The Labute approximate surface area is 91.6 Å². The topological polar surface area (TPSA) is 47.3 Å². The summed E-state index contributed by atoms with van der Waals surface area (Å²) in [5.74, 6) is 0. The van der Waals surface area contributed by atoms with Gasteiger partial charge in [-0.15, -0.1) is 0 Å². The van der Waals surface area contributed by atoms with Crippen molar-refractivity contribution in [1.29, 1.82) is 0 Å². The van der Waals surface area contributed by atoms with E-state index >= 15 is 0 Å². The minimum atomic E-state index is 0.842. The van der Waals surface area contributed by atoms with E-state index in [0.717, 1.165) is 38.2 Å². The van der Waals surface area contributed by atoms with Gasteiger partial charge in [-0.25, -0.2) is 0 Å². The third kappa shape index (κ3) is 4.81. The van der Waals surface area contributed by atoms with E-state index < -0.39 is 0 Å². The molecule has 0 amide bonds. The molecule has 3 N–H and O–H groups in total. The molecule has 0 saturated heterocycles. The SMILES string of the molecule is COCCCCNCc1ccccc1N. The zero-order valence-electron chi connectivity index (χ0n) is 9.33. The van der Waals surface area contributed by atoms with Crippen LogP contribution in [0.4, 0.5) is 5.69 Å². The molecule has 0 unspecified atom stereocenters. The molecule has 0 aromatic heterocycles. The first kappa shape index (κ1) is 12.0. The number of methoxy groups -OCH3 is 1. The van der Waals surface area contributed by atoms with E-state index in [1.165, 1.54) is 5.56 Å². The number of nitrogens with two attached hydrogens (primary N) is 1. The second-order valence-corrected chi connectivity index (χ2v) is 3.58. The summed E-state index contributed by atoms with van der Waals surface area (Å²) in [6.45, 7) is 2.70. The highest BCUT2D eigenvalue weighted by atomic mass is 16.5. The van der Waals surface area contributed by atoms with Gasteiger partial charge in [0.2, 0.25) is 0 Å². The highest BCUT2D eigenvalue weighted by Crippen LogP contribution is 2.09. The van der Waals surface area contributed by atoms with Gasteiger partial charge in [0.25, 0.3) is 0 Å². The van der Waals surface area contributed by atoms with Crippen molar-refractivity contribution in [2.24, 2.45) is 0 Å². The van der Waals surface area contributed by atoms with Crippen LogP contribution in [0.1, 0.15) is 18.4 Å². The average Bonchev–Trinajstić information content (AvgIpc) is 2.25. The van der Waals surface area contributed by atoms with Crippen molar-refractivity contribution < 1.29 is 4.74 Å². The lowest BCUT2D eigenvalue weighted by Gasteiger charge is -2.07. The number of hydrogen-bond acceptors (Lipinski definition) is 3. The van der Waals surface area contributed by atoms with Crippen LogP contribution in [-0.2, 0) is 11.3 Å². The van der Waals surface area contributed by atoms with Crippen LogP contribution in [0.2, 0.25) is 0 Å². The standard InChI is InChI=1S/C12H20N2O/c1-15-9-5-4-8-14-10-11-6-2-3-7-12(11)13/h2-3,6-7,14H,4-5,8-10,13H2,1H3. The van der Waals surface area contributed by atoms with Crippen molar-refractivity contribution in [3.63, 3.8) is 0 Å². The Morgan fingerprint density at radius 3 is 2.80 bits per heavy atom. The summed E-state index contributed by atoms with van der Waals surface area (Å²) in [5, 5.41) is 3.37. The molecule has 0 atom stereocenters. The molecule has 0 aliphatic carbocycles. The molecule has 0 radical (unpaired) electrons. The van der Waals surface area contributed by atoms with Gasteiger partial charge in [-0.3, -0.25) is 0 Å². The van der Waals surface area contributed by atoms with Crippen LogP contribution in [-0.4, -0.2) is 20.3 Å². The van der Waals surface area contributed by atoms with E-state index in [9.17, 15) is 0 Å². The Morgan fingerprint density at radius 2 is 2.07 bits per heavy atom. The van der Waals surface area contributed by atoms with Gasteiger partial charge < -0.3 is 15.8 Å². The molecule has 0 heterocycles. The van der Waals surface area contributed by atoms with Crippen molar-refractivity contribution in [3.8, 4) is 0 Å². The van der Waals surface area contributed by atoms with Gasteiger partial charge in [0.1, 0.15) is 0 Å². The fourth-order valence-electron chi connectivity index (χ4n) is 1.41. The van der Waals surface area contributed by atoms with Crippen LogP contribution in [0.3, 0.4) is 0 Å². The molecule has 15 heavy (non-hydrogen) atoms. The first-order valence-corrected chi connectivity index (χ1v) is 5.37. The average molecular weight is 208 g/mol. The number of para-hydroxylation sites is 1. The molecular weight excluding hydrogens is 188 g/mol. The van der Waals surface area contributed by atoms with E-state index in [1.807, 2.05) is 18.2 Å². The molecule has 84 valence electrons. The minimum Gasteiger partial charge on any atom is -0.398 e. The first-order chi connectivity index (χ1) is 7.34. The number of anilines is 1. The smallest absolute Gasteiger partial charge is 0.0462 e. The number of nitrogens with one attached hydrogen (secondary N) is 1. The molecule has 0 aliphatic rings. The first-order valence-electron chi connectivity index (χ1n) is 5.37. The molecule has 0 aliphatic heterocycles. The molecule has 0 saturated carbocycles. The van der Waals surface area contributed by atoms with E-state index in [4.69, 9.17) is 10.5 Å². The molecule has 0 spiro atoms. The van der Waals surface area contributed by atoms with Gasteiger partial charge in [0, 0.05) is 25.9 Å². The van der Waals surface area contributed by atoms with Crippen molar-refractivity contribution >= 4 is 5.69 Å². The maximum atomic E-state index is 5.82. The number of benzene rings is 1. The van der Waals surface area contributed by atoms with Gasteiger partial charge in [-0.2, -0.15) is 0 Å². The second-order valence-electron chi connectivity index (χ2n) is 3.58. The molecule has 1 rings (SSSR count). The molecule has 0 bridgehead atoms. The number of rotatable bonds is 7. The summed E-state index contributed by atoms with van der Waals surface area (Å²) < 4.78 is 4.98. The Morgan fingerprint density at radius 1 is 1.27 bits per heavy atom. The fourth-order valence-corrected chi connectivity index (χ4v) is 1.41. The number of ether oxygens (including phenoxy) is 1. The Bertz CT molecular complexity index is 276. The van der Waals surface area contributed by atoms with Crippen LogP contribution >= 0.6 is 0 Å². The van der Waals surface area contributed by atoms with Gasteiger partial charge in [-0.05, 0) is 31.0 Å². The van der Waals surface area contributed by atoms with Crippen LogP contribution < -0.4 is 11.1 Å². The molecule has 1 aromatic rings. The van der Waals surface area contributed by atoms with E-state index in [-0.39, 0.29) is 0 Å². The van der Waals surface area contributed by atoms with Crippen LogP contribution in [0.15, 0.2) is 24.3 Å². The molecule has 1 aromatic carbocycles. The zero-order valence-corrected chi connectivity index (χ0v) is 9.33. The summed E-state index contributed by atoms with van der Waals surface area (Å²) in [6, 6.07) is 7.95. The molecule has 3 heteroatoms. The summed E-state index contributed by atoms with van der Waals surface area (Å²) in [4.78, 5) is 0. The van der Waals surface area contributed by atoms with Crippen LogP contribution in [0.5, 0.6) is 0 Å². The highest BCUT2D eigenvalue weighted by molar-refractivity contribution is 5.46. The van der Waals surface area contributed by atoms with E-state index in [1.54, 1.807) is 7.11 Å². The van der Waals surface area contributed by atoms with Crippen molar-refractivity contribution in [1.82, 2.24) is 5.32 Å². The molecule has 0 fully saturated rings. The Kier molecular flexibility index (Phi) is 5.81. The summed E-state index contributed by atoms with van der Waals surface area (Å²) in [6.07, 6.45) is 2.24. The normalized spacial score (nSPS) is 10.5. The largest absolute Gasteiger partial charge is 0.398 e. The van der Waals surface area contributed by atoms with Crippen molar-refractivity contribution in [3.05, 3.63) is 29.8 Å². The van der Waals surface area contributed by atoms with Crippen LogP contribution in [0.25, 0.3) is 0 Å². The third-order valence-corrected chi connectivity index (χ3v) is 2.32. The third-order valence-electron chi connectivity index (χ3n) is 2.32. The summed E-state index contributed by atoms with van der Waals surface area (Å²) in [5.41, 5.74) is 7.86. The highest BCUT2D eigenvalue weighted by Gasteiger charge is 1.96. The summed E-state index contributed by atoms with van der Waals surface area (Å²) >= 11 is 0. The van der Waals surface area contributed by atoms with Crippen molar-refractivity contribution in [2.75, 3.05) is 26.0 Å². The summed E-state index contributed by atoms with van der Waals surface area (Å²) in [7, 11) is 1.73. The lowest BCUT2D eigenvalue weighted by Crippen LogP contribution is -2.16. The number of hydrogen-bond donors (Lipinski definition) is 2. The predicted octanol–water partition coefficient (Wildman–Crippen LogP) is 1.79. The predicted molar refractivity (Wildman–Crippen MR) is 63.7 cm³/mol. The van der Waals surface area contributed by atoms with E-state index in [2.05, 4.69) is 11.4 Å². The number of nitrogen functional groups attached to an aromatic ring is 1. The zero-order chi connectivity index (χ0) is 10.9. The molecule has 3 nitrogen and oxygen atoms in total. The van der Waals surface area contributed by atoms with Gasteiger partial charge >= 0.3 is 0 Å². The van der Waals surface area contributed by atoms with Gasteiger partial charge in [0.05, 0.1) is 0 Å². The second kappa shape index (κ2) is 7.26. The lowest BCUT2D eigenvalue weighted by molar-refractivity contribution is 0.192.